The SMILES string of the molecule is COCCCN1C(=O)C(=O)C(=C(O)c2cc(C)ccc2C)C1c1ccc([N+](=O)[O-])cc1. The van der Waals surface area contributed by atoms with Gasteiger partial charge in [-0.1, -0.05) is 17.7 Å². The van der Waals surface area contributed by atoms with Gasteiger partial charge >= 0.3 is 0 Å². The summed E-state index contributed by atoms with van der Waals surface area (Å²) in [6.07, 6.45) is 0.497. The number of nitrogens with zero attached hydrogens (tertiary/aromatic N) is 2. The van der Waals surface area contributed by atoms with Gasteiger partial charge in [-0.25, -0.2) is 0 Å². The van der Waals surface area contributed by atoms with Crippen molar-refractivity contribution in [3.63, 3.8) is 0 Å². The van der Waals surface area contributed by atoms with Gasteiger partial charge in [-0.3, -0.25) is 19.7 Å². The third-order valence-corrected chi connectivity index (χ3v) is 5.36. The Hall–Kier alpha value is -3.52. The molecule has 0 saturated carbocycles. The van der Waals surface area contributed by atoms with E-state index in [1.165, 1.54) is 29.2 Å². The maximum absolute atomic E-state index is 13.0. The predicted octanol–water partition coefficient (Wildman–Crippen LogP) is 3.67. The molecular formula is C23H24N2O6. The van der Waals surface area contributed by atoms with Crippen LogP contribution in [0.5, 0.6) is 0 Å². The van der Waals surface area contributed by atoms with Gasteiger partial charge in [0.1, 0.15) is 5.76 Å². The van der Waals surface area contributed by atoms with E-state index in [0.717, 1.165) is 11.1 Å². The van der Waals surface area contributed by atoms with Crippen molar-refractivity contribution in [2.24, 2.45) is 0 Å². The van der Waals surface area contributed by atoms with Crippen molar-refractivity contribution in [2.75, 3.05) is 20.3 Å². The van der Waals surface area contributed by atoms with E-state index >= 15 is 0 Å². The van der Waals surface area contributed by atoms with Crippen molar-refractivity contribution in [3.05, 3.63) is 80.4 Å². The number of aliphatic hydroxyl groups excluding tert-OH is 1. The Bertz CT molecular complexity index is 1060. The number of non-ortho nitro benzene ring substituents is 1. The first-order valence-corrected chi connectivity index (χ1v) is 9.85. The lowest BCUT2D eigenvalue weighted by Crippen LogP contribution is -2.31. The minimum absolute atomic E-state index is 0.0232. The maximum atomic E-state index is 13.0. The van der Waals surface area contributed by atoms with Crippen molar-refractivity contribution < 1.29 is 24.4 Å². The van der Waals surface area contributed by atoms with Gasteiger partial charge in [-0.15, -0.1) is 0 Å². The molecule has 2 aromatic carbocycles. The number of benzene rings is 2. The molecule has 0 bridgehead atoms. The van der Waals surface area contributed by atoms with E-state index in [0.29, 0.717) is 24.2 Å². The number of aryl methyl sites for hydroxylation is 2. The second-order valence-corrected chi connectivity index (χ2v) is 7.51. The number of rotatable bonds is 7. The number of methoxy groups -OCH3 is 1. The largest absolute Gasteiger partial charge is 0.507 e. The summed E-state index contributed by atoms with van der Waals surface area (Å²) in [4.78, 5) is 37.7. The molecule has 1 amide bonds. The summed E-state index contributed by atoms with van der Waals surface area (Å²) in [5.41, 5.74) is 2.51. The molecule has 0 radical (unpaired) electrons. The highest BCUT2D eigenvalue weighted by molar-refractivity contribution is 6.46. The molecule has 1 heterocycles. The number of hydrogen-bond donors (Lipinski definition) is 1. The van der Waals surface area contributed by atoms with Crippen molar-refractivity contribution in [1.29, 1.82) is 0 Å². The van der Waals surface area contributed by atoms with E-state index in [2.05, 4.69) is 0 Å². The summed E-state index contributed by atoms with van der Waals surface area (Å²) < 4.78 is 5.06. The van der Waals surface area contributed by atoms with Gasteiger partial charge in [-0.2, -0.15) is 0 Å². The normalized spacial score (nSPS) is 17.9. The van der Waals surface area contributed by atoms with Gasteiger partial charge in [0.05, 0.1) is 16.5 Å². The first-order valence-electron chi connectivity index (χ1n) is 9.85. The lowest BCUT2D eigenvalue weighted by atomic mass is 9.93. The van der Waals surface area contributed by atoms with E-state index < -0.39 is 22.7 Å². The Morgan fingerprint density at radius 3 is 2.45 bits per heavy atom. The summed E-state index contributed by atoms with van der Waals surface area (Å²) in [6, 6.07) is 10.3. The van der Waals surface area contributed by atoms with Gasteiger partial charge < -0.3 is 14.7 Å². The monoisotopic (exact) mass is 424 g/mol. The minimum Gasteiger partial charge on any atom is -0.507 e. The third kappa shape index (κ3) is 4.34. The molecule has 1 N–H and O–H groups in total. The van der Waals surface area contributed by atoms with Crippen LogP contribution >= 0.6 is 0 Å². The molecule has 1 aliphatic heterocycles. The number of carbonyl (C=O) groups is 2. The van der Waals surface area contributed by atoms with Crippen LogP contribution < -0.4 is 0 Å². The molecule has 8 nitrogen and oxygen atoms in total. The van der Waals surface area contributed by atoms with E-state index in [1.54, 1.807) is 13.2 Å². The Kier molecular flexibility index (Phi) is 6.50. The van der Waals surface area contributed by atoms with E-state index in [1.807, 2.05) is 26.0 Å². The zero-order valence-electron chi connectivity index (χ0n) is 17.6. The van der Waals surface area contributed by atoms with E-state index in [4.69, 9.17) is 4.74 Å². The molecule has 0 aromatic heterocycles. The van der Waals surface area contributed by atoms with Gasteiger partial charge in [0.25, 0.3) is 17.4 Å². The first kappa shape index (κ1) is 22.2. The van der Waals surface area contributed by atoms with Crippen LogP contribution in [0.2, 0.25) is 0 Å². The number of ether oxygens (including phenoxy) is 1. The van der Waals surface area contributed by atoms with Crippen LogP contribution in [0.4, 0.5) is 5.69 Å². The molecule has 8 heteroatoms. The molecule has 0 spiro atoms. The van der Waals surface area contributed by atoms with Crippen LogP contribution in [-0.4, -0.2) is 46.9 Å². The van der Waals surface area contributed by atoms with E-state index in [-0.39, 0.29) is 23.6 Å². The van der Waals surface area contributed by atoms with E-state index in [9.17, 15) is 24.8 Å². The quantitative estimate of drug-likeness (QED) is 0.181. The number of nitro groups is 1. The number of carbonyl (C=O) groups excluding carboxylic acids is 2. The fourth-order valence-electron chi connectivity index (χ4n) is 3.75. The van der Waals surface area contributed by atoms with Gasteiger partial charge in [-0.05, 0) is 49.6 Å². The molecule has 0 aliphatic carbocycles. The number of nitro benzene ring substituents is 1. The van der Waals surface area contributed by atoms with Crippen LogP contribution in [0.1, 0.15) is 34.7 Å². The highest BCUT2D eigenvalue weighted by Gasteiger charge is 2.46. The lowest BCUT2D eigenvalue weighted by molar-refractivity contribution is -0.384. The van der Waals surface area contributed by atoms with Crippen LogP contribution in [0.25, 0.3) is 5.76 Å². The smallest absolute Gasteiger partial charge is 0.295 e. The lowest BCUT2D eigenvalue weighted by Gasteiger charge is -2.25. The zero-order valence-corrected chi connectivity index (χ0v) is 17.6. The molecule has 1 aliphatic rings. The van der Waals surface area contributed by atoms with Crippen molar-refractivity contribution in [1.82, 2.24) is 4.90 Å². The van der Waals surface area contributed by atoms with Crippen molar-refractivity contribution in [2.45, 2.75) is 26.3 Å². The van der Waals surface area contributed by atoms with Crippen LogP contribution in [0.15, 0.2) is 48.0 Å². The first-order chi connectivity index (χ1) is 14.8. The fraction of sp³-hybridized carbons (Fsp3) is 0.304. The van der Waals surface area contributed by atoms with Gasteiger partial charge in [0.2, 0.25) is 0 Å². The minimum atomic E-state index is -0.849. The summed E-state index contributed by atoms with van der Waals surface area (Å²) in [5, 5.41) is 22.2. The molecule has 1 unspecified atom stereocenters. The average Bonchev–Trinajstić information content (AvgIpc) is 3.00. The second kappa shape index (κ2) is 9.09. The Morgan fingerprint density at radius 2 is 1.84 bits per heavy atom. The molecular weight excluding hydrogens is 400 g/mol. The molecule has 1 saturated heterocycles. The average molecular weight is 424 g/mol. The zero-order chi connectivity index (χ0) is 22.7. The van der Waals surface area contributed by atoms with Gasteiger partial charge in [0.15, 0.2) is 0 Å². The number of hydrogen-bond acceptors (Lipinski definition) is 6. The number of likely N-dealkylation sites (tertiary alicyclic amines) is 1. The highest BCUT2D eigenvalue weighted by Crippen LogP contribution is 2.40. The number of Topliss-reactive ketones (excluding diaryl/α,β-unsaturated/α-hetero) is 1. The molecule has 31 heavy (non-hydrogen) atoms. The van der Waals surface area contributed by atoms with Crippen molar-refractivity contribution >= 4 is 23.1 Å². The topological polar surface area (TPSA) is 110 Å². The highest BCUT2D eigenvalue weighted by atomic mass is 16.6. The molecule has 1 fully saturated rings. The van der Waals surface area contributed by atoms with Gasteiger partial charge in [0, 0.05) is 38.0 Å². The predicted molar refractivity (Wildman–Crippen MR) is 115 cm³/mol. The number of aliphatic hydroxyl groups is 1. The summed E-state index contributed by atoms with van der Waals surface area (Å²) in [5.74, 6) is -1.75. The third-order valence-electron chi connectivity index (χ3n) is 5.36. The summed E-state index contributed by atoms with van der Waals surface area (Å²) in [6.45, 7) is 4.31. The fourth-order valence-corrected chi connectivity index (χ4v) is 3.75. The standard InChI is InChI=1S/C23H24N2O6/c1-14-5-6-15(2)18(13-14)21(26)19-20(16-7-9-17(10-8-16)25(29)30)24(11-4-12-31-3)23(28)22(19)27/h5-10,13,20,26H,4,11-12H2,1-3H3. The van der Waals surface area contributed by atoms with Crippen molar-refractivity contribution in [3.8, 4) is 0 Å². The maximum Gasteiger partial charge on any atom is 0.295 e. The molecule has 2 aromatic rings. The summed E-state index contributed by atoms with van der Waals surface area (Å²) in [7, 11) is 1.54. The molecule has 1 atom stereocenters. The van der Waals surface area contributed by atoms with Crippen LogP contribution in [0.3, 0.4) is 0 Å². The Labute approximate surface area is 179 Å². The number of ketones is 1. The Morgan fingerprint density at radius 1 is 1.16 bits per heavy atom. The van der Waals surface area contributed by atoms with Crippen LogP contribution in [0, 0.1) is 24.0 Å². The summed E-state index contributed by atoms with van der Waals surface area (Å²) >= 11 is 0. The number of amides is 1. The Balaban J connectivity index is 2.16. The molecule has 162 valence electrons. The molecule has 3 rings (SSSR count). The van der Waals surface area contributed by atoms with Crippen LogP contribution in [-0.2, 0) is 14.3 Å². The second-order valence-electron chi connectivity index (χ2n) is 7.51.